The average Bonchev–Trinajstić information content (AvgIpc) is 2.84. The Morgan fingerprint density at radius 3 is 2.47 bits per heavy atom. The van der Waals surface area contributed by atoms with Crippen LogP contribution in [0.25, 0.3) is 5.76 Å². The smallest absolute Gasteiger partial charge is 0.254 e. The molecule has 7 heteroatoms. The number of hydrogen-bond acceptors (Lipinski definition) is 3. The SMILES string of the molecule is C=C=C(OC)c1ccc(CN2CCc3cc(OCc4cc(F)c(F)cc4F)ccc3C2=O)cc1. The van der Waals surface area contributed by atoms with Gasteiger partial charge in [0.25, 0.3) is 5.91 Å². The van der Waals surface area contributed by atoms with Crippen LogP contribution in [0.15, 0.2) is 66.9 Å². The first kappa shape index (κ1) is 23.2. The Bertz CT molecular complexity index is 1280. The number of hydrogen-bond donors (Lipinski definition) is 0. The van der Waals surface area contributed by atoms with E-state index in [1.807, 2.05) is 24.3 Å². The van der Waals surface area contributed by atoms with Gasteiger partial charge in [0.2, 0.25) is 0 Å². The van der Waals surface area contributed by atoms with Gasteiger partial charge >= 0.3 is 0 Å². The Balaban J connectivity index is 1.43. The molecule has 0 saturated heterocycles. The molecule has 0 N–H and O–H groups in total. The topological polar surface area (TPSA) is 38.8 Å². The van der Waals surface area contributed by atoms with Crippen LogP contribution in [-0.2, 0) is 24.3 Å². The molecule has 0 bridgehead atoms. The summed E-state index contributed by atoms with van der Waals surface area (Å²) in [5, 5.41) is 0. The molecule has 3 aromatic carbocycles. The van der Waals surface area contributed by atoms with E-state index in [4.69, 9.17) is 9.47 Å². The van der Waals surface area contributed by atoms with Crippen molar-refractivity contribution >= 4 is 11.7 Å². The minimum Gasteiger partial charge on any atom is -0.489 e. The predicted molar refractivity (Wildman–Crippen MR) is 122 cm³/mol. The summed E-state index contributed by atoms with van der Waals surface area (Å²) < 4.78 is 51.1. The van der Waals surface area contributed by atoms with Crippen LogP contribution < -0.4 is 4.74 Å². The zero-order chi connectivity index (χ0) is 24.2. The standard InChI is InChI=1S/C27H22F3NO3/c1-3-26(33-2)18-6-4-17(5-7-18)15-31-11-10-19-12-21(8-9-22(19)27(31)32)34-16-20-13-24(29)25(30)14-23(20)28/h4-9,12-14H,1,10-11,15-16H2,2H3. The number of nitrogens with zero attached hydrogens (tertiary/aromatic N) is 1. The summed E-state index contributed by atoms with van der Waals surface area (Å²) in [6.45, 7) is 4.34. The number of ether oxygens (including phenoxy) is 2. The van der Waals surface area contributed by atoms with Gasteiger partial charge in [0.1, 0.15) is 18.2 Å². The van der Waals surface area contributed by atoms with Crippen LogP contribution in [0.5, 0.6) is 5.75 Å². The summed E-state index contributed by atoms with van der Waals surface area (Å²) in [6.07, 6.45) is 0.628. The first-order valence-corrected chi connectivity index (χ1v) is 10.6. The number of benzene rings is 3. The van der Waals surface area contributed by atoms with Gasteiger partial charge < -0.3 is 14.4 Å². The highest BCUT2D eigenvalue weighted by molar-refractivity contribution is 5.96. The molecule has 0 aliphatic carbocycles. The molecule has 0 fully saturated rings. The summed E-state index contributed by atoms with van der Waals surface area (Å²) >= 11 is 0. The lowest BCUT2D eigenvalue weighted by Crippen LogP contribution is -2.37. The highest BCUT2D eigenvalue weighted by Crippen LogP contribution is 2.26. The molecular formula is C27H22F3NO3. The molecular weight excluding hydrogens is 443 g/mol. The monoisotopic (exact) mass is 465 g/mol. The molecule has 1 heterocycles. The molecule has 4 nitrogen and oxygen atoms in total. The van der Waals surface area contributed by atoms with Crippen molar-refractivity contribution in [1.29, 1.82) is 0 Å². The third kappa shape index (κ3) is 4.85. The van der Waals surface area contributed by atoms with Crippen molar-refractivity contribution in [2.24, 2.45) is 0 Å². The van der Waals surface area contributed by atoms with Crippen molar-refractivity contribution < 1.29 is 27.4 Å². The van der Waals surface area contributed by atoms with Crippen LogP contribution in [0.1, 0.15) is 32.6 Å². The van der Waals surface area contributed by atoms with E-state index in [-0.39, 0.29) is 18.1 Å². The van der Waals surface area contributed by atoms with Crippen LogP contribution in [0.3, 0.4) is 0 Å². The lowest BCUT2D eigenvalue weighted by Gasteiger charge is -2.29. The Morgan fingerprint density at radius 2 is 1.76 bits per heavy atom. The Labute approximate surface area is 195 Å². The van der Waals surface area contributed by atoms with Gasteiger partial charge in [-0.25, -0.2) is 13.2 Å². The van der Waals surface area contributed by atoms with Crippen LogP contribution in [0.2, 0.25) is 0 Å². The van der Waals surface area contributed by atoms with Crippen molar-refractivity contribution in [1.82, 2.24) is 4.90 Å². The fourth-order valence-corrected chi connectivity index (χ4v) is 3.86. The van der Waals surface area contributed by atoms with Gasteiger partial charge in [0.05, 0.1) is 7.11 Å². The second kappa shape index (κ2) is 9.89. The molecule has 0 radical (unpaired) electrons. The molecule has 0 saturated carbocycles. The van der Waals surface area contributed by atoms with Crippen LogP contribution >= 0.6 is 0 Å². The maximum Gasteiger partial charge on any atom is 0.254 e. The summed E-state index contributed by atoms with van der Waals surface area (Å²) in [6, 6.07) is 13.9. The van der Waals surface area contributed by atoms with E-state index in [9.17, 15) is 18.0 Å². The van der Waals surface area contributed by atoms with Crippen molar-refractivity contribution in [2.75, 3.05) is 13.7 Å². The minimum absolute atomic E-state index is 0.0907. The van der Waals surface area contributed by atoms with Gasteiger partial charge in [-0.1, -0.05) is 36.6 Å². The number of amides is 1. The average molecular weight is 465 g/mol. The lowest BCUT2D eigenvalue weighted by molar-refractivity contribution is 0.0727. The zero-order valence-corrected chi connectivity index (χ0v) is 18.5. The number of methoxy groups -OCH3 is 1. The summed E-state index contributed by atoms with van der Waals surface area (Å²) in [7, 11) is 1.56. The first-order chi connectivity index (χ1) is 16.4. The number of halogens is 3. The summed E-state index contributed by atoms with van der Waals surface area (Å²) in [5.41, 5.74) is 5.87. The zero-order valence-electron chi connectivity index (χ0n) is 18.5. The van der Waals surface area contributed by atoms with E-state index in [2.05, 4.69) is 12.3 Å². The Hall–Kier alpha value is -3.96. The van der Waals surface area contributed by atoms with E-state index in [0.717, 1.165) is 22.8 Å². The van der Waals surface area contributed by atoms with Gasteiger partial charge in [-0.15, -0.1) is 0 Å². The van der Waals surface area contributed by atoms with Gasteiger partial charge in [-0.3, -0.25) is 4.79 Å². The van der Waals surface area contributed by atoms with E-state index >= 15 is 0 Å². The second-order valence-electron chi connectivity index (χ2n) is 7.85. The van der Waals surface area contributed by atoms with Gasteiger partial charge in [-0.2, -0.15) is 0 Å². The number of rotatable bonds is 7. The largest absolute Gasteiger partial charge is 0.489 e. The van der Waals surface area contributed by atoms with Crippen LogP contribution in [0.4, 0.5) is 13.2 Å². The molecule has 0 atom stereocenters. The van der Waals surface area contributed by atoms with E-state index in [0.29, 0.717) is 42.6 Å². The molecule has 1 aliphatic rings. The molecule has 4 rings (SSSR count). The van der Waals surface area contributed by atoms with Gasteiger partial charge in [0.15, 0.2) is 17.4 Å². The van der Waals surface area contributed by atoms with Gasteiger partial charge in [-0.05, 0) is 41.8 Å². The molecule has 3 aromatic rings. The molecule has 1 aliphatic heterocycles. The third-order valence-corrected chi connectivity index (χ3v) is 5.68. The van der Waals surface area contributed by atoms with Crippen LogP contribution in [-0.4, -0.2) is 24.5 Å². The Kier molecular flexibility index (Phi) is 6.75. The molecule has 174 valence electrons. The summed E-state index contributed by atoms with van der Waals surface area (Å²) in [4.78, 5) is 14.8. The van der Waals surface area contributed by atoms with E-state index < -0.39 is 17.5 Å². The van der Waals surface area contributed by atoms with Crippen LogP contribution in [0, 0.1) is 17.5 Å². The predicted octanol–water partition coefficient (Wildman–Crippen LogP) is 5.65. The maximum atomic E-state index is 13.8. The Morgan fingerprint density at radius 1 is 1.03 bits per heavy atom. The lowest BCUT2D eigenvalue weighted by atomic mass is 9.98. The van der Waals surface area contributed by atoms with E-state index in [1.54, 1.807) is 30.2 Å². The summed E-state index contributed by atoms with van der Waals surface area (Å²) in [5.74, 6) is -2.38. The van der Waals surface area contributed by atoms with Crippen molar-refractivity contribution in [3.63, 3.8) is 0 Å². The molecule has 0 unspecified atom stereocenters. The quantitative estimate of drug-likeness (QED) is 0.257. The van der Waals surface area contributed by atoms with E-state index in [1.165, 1.54) is 0 Å². The third-order valence-electron chi connectivity index (χ3n) is 5.68. The normalized spacial score (nSPS) is 12.7. The fourth-order valence-electron chi connectivity index (χ4n) is 3.86. The molecule has 1 amide bonds. The highest BCUT2D eigenvalue weighted by Gasteiger charge is 2.25. The maximum absolute atomic E-state index is 13.8. The van der Waals surface area contributed by atoms with Gasteiger partial charge in [0, 0.05) is 35.8 Å². The molecule has 34 heavy (non-hydrogen) atoms. The number of carbonyl (C=O) groups is 1. The molecule has 0 spiro atoms. The van der Waals surface area contributed by atoms with Crippen molar-refractivity contribution in [3.8, 4) is 5.75 Å². The number of carbonyl (C=O) groups excluding carboxylic acids is 1. The fraction of sp³-hybridized carbons (Fsp3) is 0.185. The van der Waals surface area contributed by atoms with Crippen molar-refractivity contribution in [3.05, 3.63) is 112 Å². The minimum atomic E-state index is -1.25. The van der Waals surface area contributed by atoms with Crippen molar-refractivity contribution in [2.45, 2.75) is 19.6 Å². The molecule has 0 aromatic heterocycles. The first-order valence-electron chi connectivity index (χ1n) is 10.6. The highest BCUT2D eigenvalue weighted by atomic mass is 19.2. The second-order valence-corrected chi connectivity index (χ2v) is 7.85. The number of fused-ring (bicyclic) bond motifs is 1.